The lowest BCUT2D eigenvalue weighted by molar-refractivity contribution is -0.159. The van der Waals surface area contributed by atoms with E-state index in [2.05, 4.69) is 40.8 Å². The summed E-state index contributed by atoms with van der Waals surface area (Å²) in [5, 5.41) is 9.58. The molecule has 0 amide bonds. The van der Waals surface area contributed by atoms with Crippen molar-refractivity contribution in [2.45, 2.75) is 129 Å². The first-order chi connectivity index (χ1) is 16.1. The fourth-order valence-electron chi connectivity index (χ4n) is 4.05. The molecule has 9 heteroatoms. The minimum Gasteiger partial charge on any atom is -0.481 e. The quantitative estimate of drug-likeness (QED) is 0.204. The largest absolute Gasteiger partial charge is 0.481 e. The van der Waals surface area contributed by atoms with Crippen molar-refractivity contribution in [3.63, 3.8) is 0 Å². The average Bonchev–Trinajstić information content (AvgIpc) is 2.77. The first-order valence-electron chi connectivity index (χ1n) is 13.0. The zero-order valence-electron chi connectivity index (χ0n) is 24.1. The summed E-state index contributed by atoms with van der Waals surface area (Å²) in [5.41, 5.74) is 6.57. The predicted octanol–water partition coefficient (Wildman–Crippen LogP) is 4.99. The van der Waals surface area contributed by atoms with Crippen molar-refractivity contribution < 1.29 is 33.3 Å². The van der Waals surface area contributed by atoms with Crippen molar-refractivity contribution >= 4 is 20.3 Å². The number of carboxylic acid groups (broad SMARTS) is 1. The van der Waals surface area contributed by atoms with E-state index in [9.17, 15) is 14.7 Å². The van der Waals surface area contributed by atoms with Crippen molar-refractivity contribution in [3.05, 3.63) is 0 Å². The number of aliphatic carboxylic acids is 1. The highest BCUT2D eigenvalue weighted by molar-refractivity contribution is 6.74. The molecule has 7 atom stereocenters. The topological polar surface area (TPSA) is 117 Å². The van der Waals surface area contributed by atoms with Crippen LogP contribution in [0.4, 0.5) is 0 Å². The van der Waals surface area contributed by atoms with E-state index in [0.29, 0.717) is 19.3 Å². The Balaban J connectivity index is 5.43. The highest BCUT2D eigenvalue weighted by Crippen LogP contribution is 2.38. The number of ether oxygens (including phenoxy) is 3. The van der Waals surface area contributed by atoms with Crippen molar-refractivity contribution in [1.29, 1.82) is 0 Å². The van der Waals surface area contributed by atoms with E-state index >= 15 is 0 Å². The van der Waals surface area contributed by atoms with Crippen LogP contribution >= 0.6 is 0 Å². The van der Waals surface area contributed by atoms with Gasteiger partial charge in [0.05, 0.1) is 18.1 Å². The molecule has 0 saturated heterocycles. The number of carbonyl (C=O) groups excluding carboxylic acids is 1. The van der Waals surface area contributed by atoms with Gasteiger partial charge in [0.25, 0.3) is 0 Å². The van der Waals surface area contributed by atoms with E-state index in [1.165, 1.54) is 7.11 Å². The van der Waals surface area contributed by atoms with Crippen LogP contribution in [0.2, 0.25) is 18.1 Å². The minimum absolute atomic E-state index is 0.0498. The van der Waals surface area contributed by atoms with Gasteiger partial charge in [-0.1, -0.05) is 41.5 Å². The van der Waals surface area contributed by atoms with Crippen LogP contribution < -0.4 is 5.73 Å². The van der Waals surface area contributed by atoms with Crippen LogP contribution in [-0.2, 0) is 28.2 Å². The summed E-state index contributed by atoms with van der Waals surface area (Å²) in [7, 11) is 1.22. The molecule has 35 heavy (non-hydrogen) atoms. The highest BCUT2D eigenvalue weighted by atomic mass is 28.4. The Hall–Kier alpha value is -1.00. The number of esters is 1. The maximum atomic E-state index is 12.1. The first-order valence-corrected chi connectivity index (χ1v) is 15.9. The zero-order chi connectivity index (χ0) is 27.6. The lowest BCUT2D eigenvalue weighted by Crippen LogP contribution is -2.46. The molecule has 0 fully saturated rings. The second-order valence-electron chi connectivity index (χ2n) is 11.2. The Morgan fingerprint density at radius 1 is 1.00 bits per heavy atom. The molecule has 0 unspecified atom stereocenters. The van der Waals surface area contributed by atoms with Gasteiger partial charge in [-0.15, -0.1) is 0 Å². The molecule has 3 N–H and O–H groups in total. The number of rotatable bonds is 17. The summed E-state index contributed by atoms with van der Waals surface area (Å²) in [6, 6.07) is -0.287. The SMILES string of the molecule is CCC(=O)O[C@H](CC[C@H](N)[C@H](C[C@@H](CC)O[Si](C)(C)C(C)(C)C)OC)[C@H](C)[C@H](OC)[C@H](C)C(=O)O. The van der Waals surface area contributed by atoms with Crippen LogP contribution in [-0.4, -0.2) is 70.0 Å². The molecule has 0 aliphatic carbocycles. The molecule has 0 bridgehead atoms. The third-order valence-corrected chi connectivity index (χ3v) is 12.1. The van der Waals surface area contributed by atoms with Gasteiger partial charge in [-0.25, -0.2) is 0 Å². The Bertz CT molecular complexity index is 638. The van der Waals surface area contributed by atoms with Gasteiger partial charge in [0, 0.05) is 45.1 Å². The Morgan fingerprint density at radius 2 is 1.57 bits per heavy atom. The number of hydrogen-bond donors (Lipinski definition) is 2. The highest BCUT2D eigenvalue weighted by Gasteiger charge is 2.40. The summed E-state index contributed by atoms with van der Waals surface area (Å²) in [6.45, 7) is 18.5. The molecule has 208 valence electrons. The Morgan fingerprint density at radius 3 is 1.97 bits per heavy atom. The third-order valence-electron chi connectivity index (χ3n) is 7.61. The molecule has 0 saturated carbocycles. The molecule has 0 radical (unpaired) electrons. The van der Waals surface area contributed by atoms with E-state index in [4.69, 9.17) is 24.4 Å². The third kappa shape index (κ3) is 10.9. The standard InChI is InChI=1S/C26H53NO7Si/c1-12-19(34-35(10,11)26(5,6)7)16-22(31-8)20(27)14-15-21(33-23(28)13-2)17(3)24(32-9)18(4)25(29)30/h17-22,24H,12-16,27H2,1-11H3,(H,29,30)/t17-,18-,19+,20-,21+,22-,24-/m0/s1. The summed E-state index contributed by atoms with van der Waals surface area (Å²) in [4.78, 5) is 23.7. The monoisotopic (exact) mass is 519 g/mol. The number of nitrogens with two attached hydrogens (primary N) is 1. The van der Waals surface area contributed by atoms with Crippen LogP contribution in [0.1, 0.15) is 80.6 Å². The van der Waals surface area contributed by atoms with Crippen molar-refractivity contribution in [2.24, 2.45) is 17.6 Å². The molecule has 8 nitrogen and oxygen atoms in total. The summed E-state index contributed by atoms with van der Waals surface area (Å²) >= 11 is 0. The lowest BCUT2D eigenvalue weighted by Gasteiger charge is -2.40. The number of carbonyl (C=O) groups is 2. The Kier molecular flexibility index (Phi) is 14.9. The van der Waals surface area contributed by atoms with Crippen molar-refractivity contribution in [2.75, 3.05) is 14.2 Å². The van der Waals surface area contributed by atoms with Crippen molar-refractivity contribution in [3.8, 4) is 0 Å². The van der Waals surface area contributed by atoms with Crippen LogP contribution in [0.3, 0.4) is 0 Å². The van der Waals surface area contributed by atoms with E-state index in [0.717, 1.165) is 6.42 Å². The molecule has 0 aromatic rings. The summed E-state index contributed by atoms with van der Waals surface area (Å²) in [6.07, 6.45) is 1.57. The molecule has 0 spiro atoms. The van der Waals surface area contributed by atoms with Gasteiger partial charge in [-0.05, 0) is 44.3 Å². The lowest BCUT2D eigenvalue weighted by atomic mass is 9.86. The Labute approximate surface area is 214 Å². The van der Waals surface area contributed by atoms with Gasteiger partial charge in [-0.2, -0.15) is 0 Å². The number of methoxy groups -OCH3 is 2. The second kappa shape index (κ2) is 15.3. The molecule has 0 heterocycles. The van der Waals surface area contributed by atoms with Crippen molar-refractivity contribution in [1.82, 2.24) is 0 Å². The zero-order valence-corrected chi connectivity index (χ0v) is 25.1. The smallest absolute Gasteiger partial charge is 0.308 e. The van der Waals surface area contributed by atoms with Crippen LogP contribution in [0.15, 0.2) is 0 Å². The summed E-state index contributed by atoms with van der Waals surface area (Å²) in [5.74, 6) is -2.34. The minimum atomic E-state index is -1.93. The second-order valence-corrected chi connectivity index (χ2v) is 16.0. The van der Waals surface area contributed by atoms with Gasteiger partial charge in [0.2, 0.25) is 0 Å². The van der Waals surface area contributed by atoms with Gasteiger partial charge in [0.1, 0.15) is 6.10 Å². The first kappa shape index (κ1) is 34.0. The normalized spacial score (nSPS) is 18.7. The molecule has 0 aromatic carbocycles. The molecule has 0 aromatic heterocycles. The molecule has 0 aliphatic heterocycles. The maximum Gasteiger partial charge on any atom is 0.308 e. The molecule has 0 aliphatic rings. The molecule has 0 rings (SSSR count). The fraction of sp³-hybridized carbons (Fsp3) is 0.923. The number of hydrogen-bond acceptors (Lipinski definition) is 7. The predicted molar refractivity (Wildman–Crippen MR) is 142 cm³/mol. The van der Waals surface area contributed by atoms with Gasteiger partial charge < -0.3 is 29.5 Å². The van der Waals surface area contributed by atoms with Gasteiger partial charge in [0.15, 0.2) is 8.32 Å². The van der Waals surface area contributed by atoms with Crippen LogP contribution in [0, 0.1) is 11.8 Å². The van der Waals surface area contributed by atoms with Crippen LogP contribution in [0.5, 0.6) is 0 Å². The number of carboxylic acids is 1. The van der Waals surface area contributed by atoms with E-state index in [-0.39, 0.29) is 41.6 Å². The molecular weight excluding hydrogens is 466 g/mol. The average molecular weight is 520 g/mol. The summed E-state index contributed by atoms with van der Waals surface area (Å²) < 4.78 is 23.6. The van der Waals surface area contributed by atoms with E-state index < -0.39 is 32.4 Å². The molecular formula is C26H53NO7Si. The van der Waals surface area contributed by atoms with Gasteiger partial charge >= 0.3 is 11.9 Å². The van der Waals surface area contributed by atoms with Crippen LogP contribution in [0.25, 0.3) is 0 Å². The van der Waals surface area contributed by atoms with Gasteiger partial charge in [-0.3, -0.25) is 9.59 Å². The van der Waals surface area contributed by atoms with E-state index in [1.54, 1.807) is 21.0 Å². The maximum absolute atomic E-state index is 12.1. The van der Waals surface area contributed by atoms with E-state index in [1.807, 2.05) is 6.92 Å². The fourth-order valence-corrected chi connectivity index (χ4v) is 5.50.